The van der Waals surface area contributed by atoms with Crippen molar-refractivity contribution in [2.45, 2.75) is 65.6 Å². The van der Waals surface area contributed by atoms with E-state index in [2.05, 4.69) is 11.4 Å². The summed E-state index contributed by atoms with van der Waals surface area (Å²) in [5, 5.41) is 12.2. The van der Waals surface area contributed by atoms with Crippen LogP contribution in [0.1, 0.15) is 54.4 Å². The molecule has 7 heteroatoms. The van der Waals surface area contributed by atoms with E-state index < -0.39 is 17.3 Å². The third-order valence-corrected chi connectivity index (χ3v) is 3.77. The van der Waals surface area contributed by atoms with Gasteiger partial charge in [-0.15, -0.1) is 0 Å². The highest BCUT2D eigenvalue weighted by molar-refractivity contribution is 5.68. The van der Waals surface area contributed by atoms with Gasteiger partial charge in [0.1, 0.15) is 11.2 Å². The molecule has 1 saturated heterocycles. The summed E-state index contributed by atoms with van der Waals surface area (Å²) in [5.41, 5.74) is -1.11. The Kier molecular flexibility index (Phi) is 7.09. The molecule has 1 aliphatic heterocycles. The van der Waals surface area contributed by atoms with Gasteiger partial charge in [-0.1, -0.05) is 0 Å². The molecule has 1 heterocycles. The number of nitrogens with one attached hydrogen (secondary N) is 1. The van der Waals surface area contributed by atoms with Crippen molar-refractivity contribution in [3.8, 4) is 6.07 Å². The molecule has 0 spiro atoms. The number of hydrogen-bond acceptors (Lipinski definition) is 5. The van der Waals surface area contributed by atoms with Gasteiger partial charge >= 0.3 is 12.2 Å². The summed E-state index contributed by atoms with van der Waals surface area (Å²) in [6.45, 7) is 12.2. The predicted octanol–water partition coefficient (Wildman–Crippen LogP) is 3.30. The zero-order valence-corrected chi connectivity index (χ0v) is 16.2. The zero-order valence-electron chi connectivity index (χ0n) is 16.2. The second-order valence-electron chi connectivity index (χ2n) is 8.42. The molecule has 1 aliphatic rings. The van der Waals surface area contributed by atoms with Crippen LogP contribution >= 0.6 is 0 Å². The Morgan fingerprint density at radius 1 is 1.08 bits per heavy atom. The summed E-state index contributed by atoms with van der Waals surface area (Å²) in [6, 6.07) is 2.30. The molecule has 2 amide bonds. The molecule has 1 rings (SSSR count). The van der Waals surface area contributed by atoms with E-state index in [9.17, 15) is 14.9 Å². The van der Waals surface area contributed by atoms with Crippen molar-refractivity contribution in [3.05, 3.63) is 0 Å². The molecule has 2 atom stereocenters. The van der Waals surface area contributed by atoms with Gasteiger partial charge in [0.05, 0.1) is 12.0 Å². The monoisotopic (exact) mass is 353 g/mol. The number of nitriles is 1. The van der Waals surface area contributed by atoms with Gasteiger partial charge in [-0.05, 0) is 60.3 Å². The number of carbonyl (C=O) groups excluding carboxylic acids is 2. The number of hydrogen-bond donors (Lipinski definition) is 1. The molecule has 0 bridgehead atoms. The minimum absolute atomic E-state index is 0.0232. The summed E-state index contributed by atoms with van der Waals surface area (Å²) in [6.07, 6.45) is 0.353. The van der Waals surface area contributed by atoms with Crippen molar-refractivity contribution in [1.82, 2.24) is 10.2 Å². The Morgan fingerprint density at radius 2 is 1.64 bits per heavy atom. The number of ether oxygens (including phenoxy) is 2. The fourth-order valence-electron chi connectivity index (χ4n) is 2.62. The molecule has 7 nitrogen and oxygen atoms in total. The first-order valence-electron chi connectivity index (χ1n) is 8.75. The lowest BCUT2D eigenvalue weighted by atomic mass is 9.89. The van der Waals surface area contributed by atoms with Gasteiger partial charge in [0.25, 0.3) is 0 Å². The van der Waals surface area contributed by atoms with Crippen LogP contribution in [0.2, 0.25) is 0 Å². The van der Waals surface area contributed by atoms with Crippen LogP contribution in [0, 0.1) is 23.2 Å². The fourth-order valence-corrected chi connectivity index (χ4v) is 2.62. The Hall–Kier alpha value is -1.97. The molecule has 0 unspecified atom stereocenters. The lowest BCUT2D eigenvalue weighted by molar-refractivity contribution is 0.0253. The fraction of sp³-hybridized carbons (Fsp3) is 0.833. The van der Waals surface area contributed by atoms with Gasteiger partial charge in [0, 0.05) is 19.6 Å². The number of alkyl carbamates (subject to hydrolysis) is 1. The van der Waals surface area contributed by atoms with E-state index in [4.69, 9.17) is 9.47 Å². The maximum absolute atomic E-state index is 12.2. The number of likely N-dealkylation sites (tertiary alicyclic amines) is 1. The smallest absolute Gasteiger partial charge is 0.410 e. The van der Waals surface area contributed by atoms with Crippen molar-refractivity contribution in [2.24, 2.45) is 11.8 Å². The molecular formula is C18H31N3O4. The minimum atomic E-state index is -0.560. The summed E-state index contributed by atoms with van der Waals surface area (Å²) in [5.74, 6) is -0.243. The molecule has 0 aromatic heterocycles. The maximum Gasteiger partial charge on any atom is 0.410 e. The average molecular weight is 353 g/mol. The largest absolute Gasteiger partial charge is 0.444 e. The second kappa shape index (κ2) is 8.41. The van der Waals surface area contributed by atoms with E-state index in [-0.39, 0.29) is 17.9 Å². The summed E-state index contributed by atoms with van der Waals surface area (Å²) in [7, 11) is 0. The maximum atomic E-state index is 12.2. The van der Waals surface area contributed by atoms with Crippen LogP contribution in [-0.2, 0) is 9.47 Å². The first-order chi connectivity index (χ1) is 11.4. The minimum Gasteiger partial charge on any atom is -0.444 e. The summed E-state index contributed by atoms with van der Waals surface area (Å²) >= 11 is 0. The van der Waals surface area contributed by atoms with Crippen LogP contribution in [0.5, 0.6) is 0 Å². The van der Waals surface area contributed by atoms with Crippen LogP contribution in [0.3, 0.4) is 0 Å². The molecule has 0 aliphatic carbocycles. The quantitative estimate of drug-likeness (QED) is 0.822. The second-order valence-corrected chi connectivity index (χ2v) is 8.42. The highest BCUT2D eigenvalue weighted by Crippen LogP contribution is 2.24. The van der Waals surface area contributed by atoms with Crippen LogP contribution in [-0.4, -0.2) is 47.9 Å². The van der Waals surface area contributed by atoms with E-state index >= 15 is 0 Å². The van der Waals surface area contributed by atoms with Crippen molar-refractivity contribution in [3.63, 3.8) is 0 Å². The van der Waals surface area contributed by atoms with E-state index in [1.54, 1.807) is 25.7 Å². The number of amides is 2. The van der Waals surface area contributed by atoms with E-state index in [0.29, 0.717) is 32.5 Å². The van der Waals surface area contributed by atoms with Gasteiger partial charge in [-0.3, -0.25) is 0 Å². The molecule has 0 aromatic rings. The highest BCUT2D eigenvalue weighted by atomic mass is 16.6. The van der Waals surface area contributed by atoms with Crippen molar-refractivity contribution in [1.29, 1.82) is 5.26 Å². The van der Waals surface area contributed by atoms with Gasteiger partial charge in [-0.25, -0.2) is 9.59 Å². The van der Waals surface area contributed by atoms with E-state index in [1.807, 2.05) is 20.8 Å². The Bertz CT molecular complexity index is 514. The molecule has 0 radical (unpaired) electrons. The third-order valence-electron chi connectivity index (χ3n) is 3.77. The normalized spacial score (nSPS) is 21.7. The molecule has 25 heavy (non-hydrogen) atoms. The lowest BCUT2D eigenvalue weighted by Crippen LogP contribution is -2.38. The van der Waals surface area contributed by atoms with Crippen LogP contribution in [0.4, 0.5) is 9.59 Å². The third kappa shape index (κ3) is 8.10. The first kappa shape index (κ1) is 21.1. The zero-order chi connectivity index (χ0) is 19.3. The van der Waals surface area contributed by atoms with Crippen LogP contribution < -0.4 is 5.32 Å². The average Bonchev–Trinajstić information content (AvgIpc) is 2.63. The molecule has 0 aromatic carbocycles. The standard InChI is InChI=1S/C18H31N3O4/c1-17(2,3)24-15(22)20-12-14-8-10-21(9-7-13(14)11-19)16(23)25-18(4,5)6/h13-14H,7-10,12H2,1-6H3,(H,20,22)/t13-,14-/m0/s1. The summed E-state index contributed by atoms with van der Waals surface area (Å²) < 4.78 is 10.6. The molecular weight excluding hydrogens is 322 g/mol. The Balaban J connectivity index is 2.60. The van der Waals surface area contributed by atoms with Gasteiger partial charge in [0.2, 0.25) is 0 Å². The van der Waals surface area contributed by atoms with Crippen LogP contribution in [0.15, 0.2) is 0 Å². The summed E-state index contributed by atoms with van der Waals surface area (Å²) in [4.78, 5) is 25.7. The van der Waals surface area contributed by atoms with Crippen molar-refractivity contribution in [2.75, 3.05) is 19.6 Å². The number of rotatable bonds is 2. The van der Waals surface area contributed by atoms with Gasteiger partial charge in [0.15, 0.2) is 0 Å². The van der Waals surface area contributed by atoms with Gasteiger partial charge in [-0.2, -0.15) is 5.26 Å². The number of nitrogens with zero attached hydrogens (tertiary/aromatic N) is 2. The molecule has 0 saturated carbocycles. The molecule has 142 valence electrons. The number of carbonyl (C=O) groups is 2. The van der Waals surface area contributed by atoms with E-state index in [1.165, 1.54) is 0 Å². The lowest BCUT2D eigenvalue weighted by Gasteiger charge is -2.26. The van der Waals surface area contributed by atoms with Crippen molar-refractivity contribution < 1.29 is 19.1 Å². The molecule has 1 N–H and O–H groups in total. The highest BCUT2D eigenvalue weighted by Gasteiger charge is 2.31. The Labute approximate surface area is 150 Å². The topological polar surface area (TPSA) is 91.7 Å². The van der Waals surface area contributed by atoms with Crippen molar-refractivity contribution >= 4 is 12.2 Å². The Morgan fingerprint density at radius 3 is 2.16 bits per heavy atom. The van der Waals surface area contributed by atoms with E-state index in [0.717, 1.165) is 0 Å². The molecule has 1 fully saturated rings. The predicted molar refractivity (Wildman–Crippen MR) is 93.9 cm³/mol. The first-order valence-corrected chi connectivity index (χ1v) is 8.75. The van der Waals surface area contributed by atoms with Crippen LogP contribution in [0.25, 0.3) is 0 Å². The van der Waals surface area contributed by atoms with Gasteiger partial charge < -0.3 is 19.7 Å². The SMILES string of the molecule is CC(C)(C)OC(=O)NC[C@@H]1CCN(C(=O)OC(C)(C)C)CC[C@H]1C#N.